The first kappa shape index (κ1) is 22.0. The predicted molar refractivity (Wildman–Crippen MR) is 109 cm³/mol. The molecule has 176 valence electrons. The lowest BCUT2D eigenvalue weighted by Crippen LogP contribution is -2.59. The fourth-order valence-corrected chi connectivity index (χ4v) is 9.92. The van der Waals surface area contributed by atoms with E-state index < -0.39 is 56.9 Å². The SMILES string of the molecule is O=C1CN(C2C(O)CC3CCC(C4CCCN4S(=O)(=O)C4CC4)CC3C2F)S(=O)(=O)N1. The molecule has 0 aromatic carbocycles. The Balaban J connectivity index is 1.35. The van der Waals surface area contributed by atoms with E-state index >= 15 is 4.39 Å². The number of hydrogen-bond acceptors (Lipinski definition) is 6. The first-order valence-electron chi connectivity index (χ1n) is 11.2. The maximum absolute atomic E-state index is 15.7. The molecule has 1 amide bonds. The van der Waals surface area contributed by atoms with Crippen LogP contribution in [0.15, 0.2) is 0 Å². The zero-order valence-electron chi connectivity index (χ0n) is 17.3. The van der Waals surface area contributed by atoms with Gasteiger partial charge in [0.05, 0.1) is 23.9 Å². The van der Waals surface area contributed by atoms with Crippen LogP contribution >= 0.6 is 0 Å². The maximum Gasteiger partial charge on any atom is 0.304 e. The summed E-state index contributed by atoms with van der Waals surface area (Å²) in [5, 5.41) is 10.3. The summed E-state index contributed by atoms with van der Waals surface area (Å²) in [6.07, 6.45) is 2.48. The standard InChI is InChI=1S/C19H30FN3O6S2/c20-18-14-8-12(15-2-1-7-22(15)30(26,27)13-5-6-13)4-3-11(14)9-16(24)19(18)23-10-17(25)21-31(23,28)29/h11-16,18-19,24H,1-10H2,(H,21,25). The summed E-state index contributed by atoms with van der Waals surface area (Å²) in [7, 11) is -7.45. The summed E-state index contributed by atoms with van der Waals surface area (Å²) >= 11 is 0. The number of halogens is 1. The van der Waals surface area contributed by atoms with Gasteiger partial charge in [-0.15, -0.1) is 0 Å². The molecule has 3 aliphatic carbocycles. The number of alkyl halides is 1. The first-order valence-corrected chi connectivity index (χ1v) is 14.2. The van der Waals surface area contributed by atoms with Crippen molar-refractivity contribution < 1.29 is 31.1 Å². The number of aliphatic hydroxyl groups is 1. The lowest BCUT2D eigenvalue weighted by atomic mass is 9.63. The van der Waals surface area contributed by atoms with E-state index in [0.717, 1.165) is 23.6 Å². The zero-order chi connectivity index (χ0) is 22.1. The molecule has 7 atom stereocenters. The third kappa shape index (κ3) is 3.71. The van der Waals surface area contributed by atoms with Crippen molar-refractivity contribution >= 4 is 26.1 Å². The van der Waals surface area contributed by atoms with E-state index in [4.69, 9.17) is 0 Å². The van der Waals surface area contributed by atoms with Crippen LogP contribution in [0.4, 0.5) is 4.39 Å². The summed E-state index contributed by atoms with van der Waals surface area (Å²) in [6, 6.07) is -1.42. The summed E-state index contributed by atoms with van der Waals surface area (Å²) in [4.78, 5) is 11.6. The minimum absolute atomic E-state index is 0.0290. The fraction of sp³-hybridized carbons (Fsp3) is 0.947. The molecular formula is C19H30FN3O6S2. The monoisotopic (exact) mass is 479 g/mol. The Morgan fingerprint density at radius 2 is 1.77 bits per heavy atom. The van der Waals surface area contributed by atoms with E-state index in [1.165, 1.54) is 0 Å². The highest BCUT2D eigenvalue weighted by atomic mass is 32.2. The quantitative estimate of drug-likeness (QED) is 0.590. The highest BCUT2D eigenvalue weighted by molar-refractivity contribution is 7.90. The molecule has 0 aromatic heterocycles. The molecule has 2 aliphatic heterocycles. The number of carbonyl (C=O) groups is 1. The average Bonchev–Trinajstić information content (AvgIpc) is 3.37. The van der Waals surface area contributed by atoms with Crippen molar-refractivity contribution in [3.8, 4) is 0 Å². The summed E-state index contributed by atoms with van der Waals surface area (Å²) in [6.45, 7) is 0.0373. The van der Waals surface area contributed by atoms with Crippen molar-refractivity contribution in [1.82, 2.24) is 13.3 Å². The number of nitrogens with one attached hydrogen (secondary N) is 1. The summed E-state index contributed by atoms with van der Waals surface area (Å²) in [5.41, 5.74) is 0. The maximum atomic E-state index is 15.7. The van der Waals surface area contributed by atoms with Crippen LogP contribution in [0, 0.1) is 17.8 Å². The molecule has 5 aliphatic rings. The van der Waals surface area contributed by atoms with Gasteiger partial charge in [-0.05, 0) is 69.1 Å². The molecule has 0 aromatic rings. The number of sulfonamides is 1. The van der Waals surface area contributed by atoms with Crippen LogP contribution in [0.5, 0.6) is 0 Å². The molecule has 0 spiro atoms. The van der Waals surface area contributed by atoms with Gasteiger partial charge in [-0.25, -0.2) is 17.5 Å². The lowest BCUT2D eigenvalue weighted by Gasteiger charge is -2.49. The summed E-state index contributed by atoms with van der Waals surface area (Å²) in [5.74, 6) is -1.22. The largest absolute Gasteiger partial charge is 0.391 e. The van der Waals surface area contributed by atoms with Crippen LogP contribution < -0.4 is 4.72 Å². The van der Waals surface area contributed by atoms with Crippen LogP contribution in [0.3, 0.4) is 0 Å². The van der Waals surface area contributed by atoms with E-state index in [9.17, 15) is 26.7 Å². The molecular weight excluding hydrogens is 449 g/mol. The molecule has 31 heavy (non-hydrogen) atoms. The molecule has 0 bridgehead atoms. The first-order chi connectivity index (χ1) is 14.6. The van der Waals surface area contributed by atoms with E-state index in [0.29, 0.717) is 32.2 Å². The van der Waals surface area contributed by atoms with E-state index in [-0.39, 0.29) is 29.5 Å². The Hall–Kier alpha value is -0.820. The van der Waals surface area contributed by atoms with Gasteiger partial charge in [0.2, 0.25) is 15.9 Å². The van der Waals surface area contributed by atoms with Crippen LogP contribution in [0.25, 0.3) is 0 Å². The second kappa shape index (κ2) is 7.61. The van der Waals surface area contributed by atoms with Crippen LogP contribution in [0.2, 0.25) is 0 Å². The molecule has 2 N–H and O–H groups in total. The molecule has 3 saturated carbocycles. The number of aliphatic hydroxyl groups excluding tert-OH is 1. The van der Waals surface area contributed by atoms with E-state index in [2.05, 4.69) is 0 Å². The molecule has 9 nitrogen and oxygen atoms in total. The third-order valence-electron chi connectivity index (χ3n) is 8.01. The van der Waals surface area contributed by atoms with Crippen molar-refractivity contribution in [3.05, 3.63) is 0 Å². The number of hydrogen-bond donors (Lipinski definition) is 2. The van der Waals surface area contributed by atoms with Gasteiger partial charge in [0, 0.05) is 12.6 Å². The highest BCUT2D eigenvalue weighted by Gasteiger charge is 2.55. The van der Waals surface area contributed by atoms with E-state index in [1.807, 2.05) is 4.72 Å². The molecule has 12 heteroatoms. The molecule has 0 radical (unpaired) electrons. The molecule has 2 heterocycles. The highest BCUT2D eigenvalue weighted by Crippen LogP contribution is 2.49. The molecule has 5 rings (SSSR count). The topological polar surface area (TPSA) is 124 Å². The zero-order valence-corrected chi connectivity index (χ0v) is 18.9. The lowest BCUT2D eigenvalue weighted by molar-refractivity contribution is -0.120. The predicted octanol–water partition coefficient (Wildman–Crippen LogP) is 0.123. The van der Waals surface area contributed by atoms with Crippen LogP contribution in [-0.4, -0.2) is 79.2 Å². The van der Waals surface area contributed by atoms with Gasteiger partial charge >= 0.3 is 10.2 Å². The van der Waals surface area contributed by atoms with Gasteiger partial charge in [-0.1, -0.05) is 0 Å². The fourth-order valence-electron chi connectivity index (χ4n) is 6.44. The van der Waals surface area contributed by atoms with Crippen LogP contribution in [-0.2, 0) is 25.0 Å². The van der Waals surface area contributed by atoms with Crippen molar-refractivity contribution in [2.24, 2.45) is 17.8 Å². The van der Waals surface area contributed by atoms with Crippen molar-refractivity contribution in [1.29, 1.82) is 0 Å². The van der Waals surface area contributed by atoms with Gasteiger partial charge in [-0.3, -0.25) is 4.79 Å². The Labute approximate surface area is 182 Å². The number of rotatable bonds is 4. The Morgan fingerprint density at radius 1 is 1.06 bits per heavy atom. The van der Waals surface area contributed by atoms with Gasteiger partial charge < -0.3 is 5.11 Å². The van der Waals surface area contributed by atoms with Crippen molar-refractivity contribution in [2.75, 3.05) is 13.1 Å². The molecule has 7 unspecified atom stereocenters. The van der Waals surface area contributed by atoms with Gasteiger partial charge in [0.1, 0.15) is 6.17 Å². The van der Waals surface area contributed by atoms with E-state index in [1.54, 1.807) is 4.31 Å². The second-order valence-electron chi connectivity index (χ2n) is 9.88. The minimum atomic E-state index is -4.15. The van der Waals surface area contributed by atoms with Crippen molar-refractivity contribution in [2.45, 2.75) is 81.0 Å². The second-order valence-corrected chi connectivity index (χ2v) is 13.7. The normalized spacial score (nSPS) is 44.2. The Kier molecular flexibility index (Phi) is 5.40. The van der Waals surface area contributed by atoms with Crippen LogP contribution in [0.1, 0.15) is 51.4 Å². The third-order valence-corrected chi connectivity index (χ3v) is 11.9. The Morgan fingerprint density at radius 3 is 2.42 bits per heavy atom. The number of fused-ring (bicyclic) bond motifs is 1. The van der Waals surface area contributed by atoms with Gasteiger partial charge in [-0.2, -0.15) is 17.0 Å². The number of nitrogens with zero attached hydrogens (tertiary/aromatic N) is 2. The average molecular weight is 480 g/mol. The smallest absolute Gasteiger partial charge is 0.304 e. The summed E-state index contributed by atoms with van der Waals surface area (Å²) < 4.78 is 70.3. The Bertz CT molecular complexity index is 956. The van der Waals surface area contributed by atoms with Crippen molar-refractivity contribution in [3.63, 3.8) is 0 Å². The molecule has 5 fully saturated rings. The van der Waals surface area contributed by atoms with Gasteiger partial charge in [0.15, 0.2) is 0 Å². The minimum Gasteiger partial charge on any atom is -0.391 e. The number of carbonyl (C=O) groups excluding carboxylic acids is 1. The molecule has 2 saturated heterocycles. The van der Waals surface area contributed by atoms with Gasteiger partial charge in [0.25, 0.3) is 0 Å². The number of amides is 1.